The first-order chi connectivity index (χ1) is 8.67. The molecule has 2 rings (SSSR count). The summed E-state index contributed by atoms with van der Waals surface area (Å²) in [6, 6.07) is 7.22. The number of benzene rings is 1. The SMILES string of the molecule is COc1ccc2c(C)cc(=O)n(CCC=O)c2c1. The van der Waals surface area contributed by atoms with Gasteiger partial charge in [-0.3, -0.25) is 4.79 Å². The number of hydrogen-bond acceptors (Lipinski definition) is 3. The van der Waals surface area contributed by atoms with E-state index in [9.17, 15) is 9.59 Å². The first-order valence-corrected chi connectivity index (χ1v) is 5.79. The Labute approximate surface area is 105 Å². The number of methoxy groups -OCH3 is 1. The van der Waals surface area contributed by atoms with Crippen molar-refractivity contribution in [1.82, 2.24) is 4.57 Å². The highest BCUT2D eigenvalue weighted by atomic mass is 16.5. The topological polar surface area (TPSA) is 48.3 Å². The highest BCUT2D eigenvalue weighted by molar-refractivity contribution is 5.83. The van der Waals surface area contributed by atoms with Crippen LogP contribution in [0.2, 0.25) is 0 Å². The van der Waals surface area contributed by atoms with E-state index >= 15 is 0 Å². The van der Waals surface area contributed by atoms with E-state index in [4.69, 9.17) is 4.74 Å². The lowest BCUT2D eigenvalue weighted by molar-refractivity contribution is -0.108. The van der Waals surface area contributed by atoms with Gasteiger partial charge in [0.25, 0.3) is 5.56 Å². The number of carbonyl (C=O) groups excluding carboxylic acids is 1. The fourth-order valence-electron chi connectivity index (χ4n) is 2.07. The van der Waals surface area contributed by atoms with E-state index in [1.54, 1.807) is 17.7 Å². The molecular formula is C14H15NO3. The Bertz CT molecular complexity index is 643. The molecule has 18 heavy (non-hydrogen) atoms. The van der Waals surface area contributed by atoms with Crippen LogP contribution in [0.5, 0.6) is 5.75 Å². The molecule has 0 aliphatic carbocycles. The van der Waals surface area contributed by atoms with Gasteiger partial charge in [-0.2, -0.15) is 0 Å². The van der Waals surface area contributed by atoms with Crippen molar-refractivity contribution in [2.45, 2.75) is 19.9 Å². The summed E-state index contributed by atoms with van der Waals surface area (Å²) in [6.07, 6.45) is 1.15. The highest BCUT2D eigenvalue weighted by Crippen LogP contribution is 2.22. The fourth-order valence-corrected chi connectivity index (χ4v) is 2.07. The molecule has 0 saturated heterocycles. The number of aldehydes is 1. The Kier molecular flexibility index (Phi) is 3.46. The van der Waals surface area contributed by atoms with Gasteiger partial charge in [0.15, 0.2) is 0 Å². The van der Waals surface area contributed by atoms with Gasteiger partial charge in [-0.1, -0.05) is 0 Å². The third-order valence-electron chi connectivity index (χ3n) is 3.00. The van der Waals surface area contributed by atoms with Crippen LogP contribution in [0.15, 0.2) is 29.1 Å². The number of rotatable bonds is 4. The van der Waals surface area contributed by atoms with E-state index in [1.165, 1.54) is 0 Å². The molecule has 94 valence electrons. The summed E-state index contributed by atoms with van der Waals surface area (Å²) < 4.78 is 6.79. The molecule has 0 fully saturated rings. The lowest BCUT2D eigenvalue weighted by atomic mass is 10.1. The van der Waals surface area contributed by atoms with Crippen molar-refractivity contribution in [2.24, 2.45) is 0 Å². The van der Waals surface area contributed by atoms with Crippen LogP contribution in [0.3, 0.4) is 0 Å². The van der Waals surface area contributed by atoms with E-state index in [1.807, 2.05) is 25.1 Å². The summed E-state index contributed by atoms with van der Waals surface area (Å²) in [5.74, 6) is 0.701. The number of carbonyl (C=O) groups is 1. The van der Waals surface area contributed by atoms with E-state index < -0.39 is 0 Å². The highest BCUT2D eigenvalue weighted by Gasteiger charge is 2.07. The average Bonchev–Trinajstić information content (AvgIpc) is 2.38. The minimum atomic E-state index is -0.0879. The van der Waals surface area contributed by atoms with Gasteiger partial charge < -0.3 is 14.1 Å². The second-order valence-corrected chi connectivity index (χ2v) is 4.16. The van der Waals surface area contributed by atoms with Gasteiger partial charge in [-0.05, 0) is 24.6 Å². The predicted molar refractivity (Wildman–Crippen MR) is 70.2 cm³/mol. The first-order valence-electron chi connectivity index (χ1n) is 5.79. The second-order valence-electron chi connectivity index (χ2n) is 4.16. The molecule has 0 spiro atoms. The molecule has 0 N–H and O–H groups in total. The first kappa shape index (κ1) is 12.4. The van der Waals surface area contributed by atoms with Gasteiger partial charge in [-0.15, -0.1) is 0 Å². The van der Waals surface area contributed by atoms with Gasteiger partial charge in [0.2, 0.25) is 0 Å². The van der Waals surface area contributed by atoms with Gasteiger partial charge in [0.05, 0.1) is 12.6 Å². The molecule has 0 amide bonds. The maximum Gasteiger partial charge on any atom is 0.251 e. The molecule has 0 radical (unpaired) electrons. The molecule has 2 aromatic rings. The normalized spacial score (nSPS) is 10.6. The van der Waals surface area contributed by atoms with Crippen molar-refractivity contribution in [3.63, 3.8) is 0 Å². The van der Waals surface area contributed by atoms with Crippen molar-refractivity contribution in [1.29, 1.82) is 0 Å². The van der Waals surface area contributed by atoms with Crippen molar-refractivity contribution in [2.75, 3.05) is 7.11 Å². The van der Waals surface area contributed by atoms with Crippen molar-refractivity contribution in [3.05, 3.63) is 40.2 Å². The summed E-state index contributed by atoms with van der Waals surface area (Å²) in [4.78, 5) is 22.4. The molecule has 4 heteroatoms. The maximum atomic E-state index is 12.0. The van der Waals surface area contributed by atoms with Crippen LogP contribution in [0.25, 0.3) is 10.9 Å². The average molecular weight is 245 g/mol. The number of aryl methyl sites for hydroxylation is 2. The number of aromatic nitrogens is 1. The Morgan fingerprint density at radius 1 is 1.33 bits per heavy atom. The van der Waals surface area contributed by atoms with Gasteiger partial charge in [-0.25, -0.2) is 0 Å². The summed E-state index contributed by atoms with van der Waals surface area (Å²) in [5.41, 5.74) is 1.65. The Morgan fingerprint density at radius 2 is 2.11 bits per heavy atom. The summed E-state index contributed by atoms with van der Waals surface area (Å²) in [7, 11) is 1.59. The summed E-state index contributed by atoms with van der Waals surface area (Å²) in [5, 5.41) is 1.00. The molecule has 0 saturated carbocycles. The third-order valence-corrected chi connectivity index (χ3v) is 3.00. The predicted octanol–water partition coefficient (Wildman–Crippen LogP) is 1.91. The molecule has 0 unspecified atom stereocenters. The monoisotopic (exact) mass is 245 g/mol. The second kappa shape index (κ2) is 5.04. The van der Waals surface area contributed by atoms with Crippen molar-refractivity contribution >= 4 is 17.2 Å². The molecule has 0 bridgehead atoms. The number of hydrogen-bond donors (Lipinski definition) is 0. The largest absolute Gasteiger partial charge is 0.497 e. The zero-order valence-corrected chi connectivity index (χ0v) is 10.5. The van der Waals surface area contributed by atoms with Crippen LogP contribution in [-0.4, -0.2) is 18.0 Å². The van der Waals surface area contributed by atoms with Crippen LogP contribution in [0, 0.1) is 6.92 Å². The van der Waals surface area contributed by atoms with Crippen LogP contribution in [0.4, 0.5) is 0 Å². The Balaban J connectivity index is 2.72. The maximum absolute atomic E-state index is 12.0. The molecule has 1 aromatic carbocycles. The zero-order chi connectivity index (χ0) is 13.1. The van der Waals surface area contributed by atoms with E-state index in [-0.39, 0.29) is 5.56 Å². The minimum Gasteiger partial charge on any atom is -0.497 e. The number of pyridine rings is 1. The zero-order valence-electron chi connectivity index (χ0n) is 10.5. The Morgan fingerprint density at radius 3 is 2.78 bits per heavy atom. The van der Waals surface area contributed by atoms with Crippen LogP contribution in [0.1, 0.15) is 12.0 Å². The Hall–Kier alpha value is -2.10. The smallest absolute Gasteiger partial charge is 0.251 e. The van der Waals surface area contributed by atoms with Gasteiger partial charge in [0.1, 0.15) is 12.0 Å². The fraction of sp³-hybridized carbons (Fsp3) is 0.286. The van der Waals surface area contributed by atoms with Crippen molar-refractivity contribution in [3.8, 4) is 5.75 Å². The van der Waals surface area contributed by atoms with Crippen LogP contribution < -0.4 is 10.3 Å². The lowest BCUT2D eigenvalue weighted by Crippen LogP contribution is -2.20. The van der Waals surface area contributed by atoms with Crippen LogP contribution >= 0.6 is 0 Å². The standard InChI is InChI=1S/C14H15NO3/c1-10-8-14(17)15(6-3-7-16)13-9-11(18-2)4-5-12(10)13/h4-5,7-9H,3,6H2,1-2H3. The van der Waals surface area contributed by atoms with Crippen LogP contribution in [-0.2, 0) is 11.3 Å². The molecule has 1 heterocycles. The van der Waals surface area contributed by atoms with E-state index in [0.717, 1.165) is 22.8 Å². The lowest BCUT2D eigenvalue weighted by Gasteiger charge is -2.12. The third kappa shape index (κ3) is 2.14. The molecule has 0 aliphatic rings. The molecule has 0 atom stereocenters. The van der Waals surface area contributed by atoms with Crippen molar-refractivity contribution < 1.29 is 9.53 Å². The van der Waals surface area contributed by atoms with E-state index in [0.29, 0.717) is 18.7 Å². The molecule has 4 nitrogen and oxygen atoms in total. The number of ether oxygens (including phenoxy) is 1. The van der Waals surface area contributed by atoms with E-state index in [2.05, 4.69) is 0 Å². The number of nitrogens with zero attached hydrogens (tertiary/aromatic N) is 1. The molecule has 0 aliphatic heterocycles. The summed E-state index contributed by atoms with van der Waals surface area (Å²) >= 11 is 0. The number of fused-ring (bicyclic) bond motifs is 1. The molecule has 1 aromatic heterocycles. The van der Waals surface area contributed by atoms with Gasteiger partial charge >= 0.3 is 0 Å². The quantitative estimate of drug-likeness (QED) is 0.773. The molecular weight excluding hydrogens is 230 g/mol. The summed E-state index contributed by atoms with van der Waals surface area (Å²) in [6.45, 7) is 2.30. The van der Waals surface area contributed by atoms with Gasteiger partial charge in [0, 0.05) is 30.5 Å². The minimum absolute atomic E-state index is 0.0879.